The molecule has 0 aliphatic carbocycles. The van der Waals surface area contributed by atoms with Crippen LogP contribution in [0.3, 0.4) is 0 Å². The number of carbonyl (C=O) groups excluding carboxylic acids is 1. The zero-order valence-electron chi connectivity index (χ0n) is 12.9. The summed E-state index contributed by atoms with van der Waals surface area (Å²) >= 11 is 0. The summed E-state index contributed by atoms with van der Waals surface area (Å²) in [5.41, 5.74) is 7.72. The van der Waals surface area contributed by atoms with Gasteiger partial charge in [0.2, 0.25) is 5.91 Å². The summed E-state index contributed by atoms with van der Waals surface area (Å²) in [6.45, 7) is 1.11. The molecular weight excluding hydrogens is 293 g/mol. The van der Waals surface area contributed by atoms with Crippen LogP contribution in [-0.2, 0) is 11.2 Å². The first-order chi connectivity index (χ1) is 11.1. The normalized spacial score (nSPS) is 18.2. The molecule has 1 amide bonds. The van der Waals surface area contributed by atoms with E-state index < -0.39 is 0 Å². The van der Waals surface area contributed by atoms with E-state index in [9.17, 15) is 9.18 Å². The third-order valence-electron chi connectivity index (χ3n) is 4.22. The van der Waals surface area contributed by atoms with Crippen LogP contribution in [0, 0.1) is 5.82 Å². The van der Waals surface area contributed by atoms with Gasteiger partial charge in [-0.3, -0.25) is 14.7 Å². The molecule has 5 heteroatoms. The maximum Gasteiger partial charge on any atom is 0.231 e. The number of hydrogen-bond donors (Lipinski definition) is 1. The lowest BCUT2D eigenvalue weighted by Crippen LogP contribution is -2.33. The number of primary amides is 1. The Morgan fingerprint density at radius 2 is 2.09 bits per heavy atom. The molecule has 3 rings (SSSR count). The van der Waals surface area contributed by atoms with Crippen molar-refractivity contribution in [2.75, 3.05) is 13.1 Å². The molecule has 1 aliphatic rings. The number of halogens is 1. The molecule has 1 unspecified atom stereocenters. The molecule has 2 aromatic rings. The summed E-state index contributed by atoms with van der Waals surface area (Å²) in [6, 6.07) is 12.7. The van der Waals surface area contributed by atoms with E-state index in [4.69, 9.17) is 5.73 Å². The zero-order chi connectivity index (χ0) is 16.2. The molecule has 1 atom stereocenters. The first-order valence-corrected chi connectivity index (χ1v) is 7.85. The Bertz CT molecular complexity index is 704. The van der Waals surface area contributed by atoms with Gasteiger partial charge in [0.25, 0.3) is 0 Å². The van der Waals surface area contributed by atoms with Crippen molar-refractivity contribution >= 4 is 5.91 Å². The third kappa shape index (κ3) is 3.74. The lowest BCUT2D eigenvalue weighted by atomic mass is 10.1. The molecule has 120 valence electrons. The van der Waals surface area contributed by atoms with Crippen molar-refractivity contribution in [2.45, 2.75) is 25.3 Å². The first-order valence-electron chi connectivity index (χ1n) is 7.85. The predicted octanol–water partition coefficient (Wildman–Crippen LogP) is 2.43. The minimum absolute atomic E-state index is 0.114. The van der Waals surface area contributed by atoms with Gasteiger partial charge in [-0.05, 0) is 43.1 Å². The van der Waals surface area contributed by atoms with Crippen LogP contribution in [0.2, 0.25) is 0 Å². The smallest absolute Gasteiger partial charge is 0.231 e. The van der Waals surface area contributed by atoms with E-state index in [1.165, 1.54) is 6.07 Å². The van der Waals surface area contributed by atoms with Gasteiger partial charge in [-0.25, -0.2) is 4.39 Å². The molecule has 0 spiro atoms. The van der Waals surface area contributed by atoms with E-state index in [2.05, 4.69) is 9.88 Å². The molecule has 1 aromatic heterocycles. The minimum atomic E-state index is -0.320. The fourth-order valence-electron chi connectivity index (χ4n) is 3.17. The van der Waals surface area contributed by atoms with E-state index in [0.717, 1.165) is 30.8 Å². The maximum absolute atomic E-state index is 13.8. The highest BCUT2D eigenvalue weighted by molar-refractivity contribution is 5.76. The number of nitrogens with zero attached hydrogens (tertiary/aromatic N) is 2. The van der Waals surface area contributed by atoms with Crippen molar-refractivity contribution in [2.24, 2.45) is 5.73 Å². The van der Waals surface area contributed by atoms with Crippen LogP contribution in [0.5, 0.6) is 0 Å². The van der Waals surface area contributed by atoms with E-state index in [0.29, 0.717) is 12.0 Å². The number of rotatable bonds is 5. The van der Waals surface area contributed by atoms with Crippen LogP contribution in [0.25, 0.3) is 0 Å². The highest BCUT2D eigenvalue weighted by Crippen LogP contribution is 2.30. The lowest BCUT2D eigenvalue weighted by molar-refractivity contribution is -0.119. The Morgan fingerprint density at radius 1 is 1.26 bits per heavy atom. The summed E-state index contributed by atoms with van der Waals surface area (Å²) in [7, 11) is 0. The molecule has 1 saturated heterocycles. The maximum atomic E-state index is 13.8. The van der Waals surface area contributed by atoms with Crippen LogP contribution in [0.4, 0.5) is 4.39 Å². The minimum Gasteiger partial charge on any atom is -0.369 e. The van der Waals surface area contributed by atoms with E-state index in [1.54, 1.807) is 12.1 Å². The molecule has 2 heterocycles. The summed E-state index contributed by atoms with van der Waals surface area (Å²) in [5.74, 6) is -0.532. The van der Waals surface area contributed by atoms with E-state index >= 15 is 0 Å². The summed E-state index contributed by atoms with van der Waals surface area (Å²) in [5, 5.41) is 0. The van der Waals surface area contributed by atoms with Crippen molar-refractivity contribution in [1.29, 1.82) is 0 Å². The highest BCUT2D eigenvalue weighted by atomic mass is 19.1. The number of benzene rings is 1. The Balaban J connectivity index is 1.80. The van der Waals surface area contributed by atoms with Crippen LogP contribution < -0.4 is 5.73 Å². The van der Waals surface area contributed by atoms with Gasteiger partial charge in [0, 0.05) is 12.1 Å². The summed E-state index contributed by atoms with van der Waals surface area (Å²) in [4.78, 5) is 18.0. The van der Waals surface area contributed by atoms with E-state index in [1.807, 2.05) is 24.3 Å². The SMILES string of the molecule is NC(=O)CN1CCCC1c1cccc(Cc2ccccc2F)n1. The van der Waals surface area contributed by atoms with Gasteiger partial charge in [0.15, 0.2) is 0 Å². The molecule has 4 nitrogen and oxygen atoms in total. The quantitative estimate of drug-likeness (QED) is 0.922. The molecular formula is C18H20FN3O. The second-order valence-corrected chi connectivity index (χ2v) is 5.92. The second-order valence-electron chi connectivity index (χ2n) is 5.92. The molecule has 0 saturated carbocycles. The van der Waals surface area contributed by atoms with Crippen LogP contribution in [-0.4, -0.2) is 28.9 Å². The molecule has 1 fully saturated rings. The summed E-state index contributed by atoms with van der Waals surface area (Å²) < 4.78 is 13.8. The average Bonchev–Trinajstić information content (AvgIpc) is 2.97. The Hall–Kier alpha value is -2.27. The number of carbonyl (C=O) groups is 1. The van der Waals surface area contributed by atoms with Crippen molar-refractivity contribution in [3.8, 4) is 0 Å². The predicted molar refractivity (Wildman–Crippen MR) is 86.2 cm³/mol. The van der Waals surface area contributed by atoms with Gasteiger partial charge >= 0.3 is 0 Å². The monoisotopic (exact) mass is 313 g/mol. The van der Waals surface area contributed by atoms with Crippen LogP contribution in [0.1, 0.15) is 35.8 Å². The topological polar surface area (TPSA) is 59.2 Å². The molecule has 23 heavy (non-hydrogen) atoms. The first kappa shape index (κ1) is 15.6. The van der Waals surface area contributed by atoms with Crippen molar-refractivity contribution < 1.29 is 9.18 Å². The molecule has 1 aliphatic heterocycles. The number of aromatic nitrogens is 1. The Morgan fingerprint density at radius 3 is 2.87 bits per heavy atom. The largest absolute Gasteiger partial charge is 0.369 e. The average molecular weight is 313 g/mol. The lowest BCUT2D eigenvalue weighted by Gasteiger charge is -2.22. The molecule has 1 aromatic carbocycles. The van der Waals surface area contributed by atoms with Gasteiger partial charge in [-0.1, -0.05) is 24.3 Å². The Kier molecular flexibility index (Phi) is 4.67. The van der Waals surface area contributed by atoms with E-state index in [-0.39, 0.29) is 24.3 Å². The molecule has 0 radical (unpaired) electrons. The number of hydrogen-bond acceptors (Lipinski definition) is 3. The van der Waals surface area contributed by atoms with Gasteiger partial charge < -0.3 is 5.73 Å². The fourth-order valence-corrected chi connectivity index (χ4v) is 3.17. The zero-order valence-corrected chi connectivity index (χ0v) is 12.9. The third-order valence-corrected chi connectivity index (χ3v) is 4.22. The van der Waals surface area contributed by atoms with Crippen LogP contribution in [0.15, 0.2) is 42.5 Å². The second kappa shape index (κ2) is 6.87. The van der Waals surface area contributed by atoms with Crippen molar-refractivity contribution in [3.63, 3.8) is 0 Å². The summed E-state index contributed by atoms with van der Waals surface area (Å²) in [6.07, 6.45) is 2.45. The number of nitrogens with two attached hydrogens (primary N) is 1. The van der Waals surface area contributed by atoms with Gasteiger partial charge in [-0.2, -0.15) is 0 Å². The van der Waals surface area contributed by atoms with Crippen molar-refractivity contribution in [1.82, 2.24) is 9.88 Å². The standard InChI is InChI=1S/C18H20FN3O/c19-15-7-2-1-5-13(15)11-14-6-3-8-16(21-14)17-9-4-10-22(17)12-18(20)23/h1-3,5-8,17H,4,9-12H2,(H2,20,23). The molecule has 0 bridgehead atoms. The number of likely N-dealkylation sites (tertiary alicyclic amines) is 1. The number of pyridine rings is 1. The highest BCUT2D eigenvalue weighted by Gasteiger charge is 2.28. The van der Waals surface area contributed by atoms with Crippen LogP contribution >= 0.6 is 0 Å². The van der Waals surface area contributed by atoms with Crippen molar-refractivity contribution in [3.05, 3.63) is 65.2 Å². The van der Waals surface area contributed by atoms with Gasteiger partial charge in [0.1, 0.15) is 5.82 Å². The molecule has 2 N–H and O–H groups in total. The van der Waals surface area contributed by atoms with Gasteiger partial charge in [0.05, 0.1) is 18.3 Å². The number of amides is 1. The van der Waals surface area contributed by atoms with Gasteiger partial charge in [-0.15, -0.1) is 0 Å². The fraction of sp³-hybridized carbons (Fsp3) is 0.333. The Labute approximate surface area is 135 Å².